The monoisotopic (exact) mass is 411 g/mol. The Kier molecular flexibility index (Phi) is 6.56. The highest BCUT2D eigenvalue weighted by Crippen LogP contribution is 2.27. The molecule has 0 aliphatic rings. The van der Waals surface area contributed by atoms with Gasteiger partial charge in [-0.2, -0.15) is 0 Å². The number of aryl methyl sites for hydroxylation is 1. The average Bonchev–Trinajstić information content (AvgIpc) is 2.74. The zero-order valence-corrected chi connectivity index (χ0v) is 17.2. The number of benzene rings is 1. The zero-order chi connectivity index (χ0) is 20.8. The third-order valence-corrected chi connectivity index (χ3v) is 5.49. The van der Waals surface area contributed by atoms with E-state index in [1.54, 1.807) is 76.0 Å². The molecule has 1 unspecified atom stereocenters. The standard InChI is InChI=1S/C21H21N3O4S/c1-14-4-7-18(20(25)24-16-8-10-22-11-9-16)21(23-14)29(26)13-15-5-6-17(27-2)12-19(15)28-3/h4-12H,13H2,1-3H3,(H,22,24,25). The van der Waals surface area contributed by atoms with E-state index in [1.807, 2.05) is 0 Å². The van der Waals surface area contributed by atoms with Crippen LogP contribution in [-0.2, 0) is 16.6 Å². The molecule has 1 aromatic carbocycles. The summed E-state index contributed by atoms with van der Waals surface area (Å²) in [5.74, 6) is 0.975. The van der Waals surface area contributed by atoms with Gasteiger partial charge in [-0.05, 0) is 37.3 Å². The van der Waals surface area contributed by atoms with Crippen LogP contribution in [0.1, 0.15) is 21.6 Å². The van der Waals surface area contributed by atoms with Crippen LogP contribution in [0.15, 0.2) is 59.9 Å². The Bertz CT molecular complexity index is 1040. The largest absolute Gasteiger partial charge is 0.497 e. The van der Waals surface area contributed by atoms with Gasteiger partial charge in [-0.1, -0.05) is 6.07 Å². The number of aromatic nitrogens is 2. The number of hydrogen-bond donors (Lipinski definition) is 1. The Labute approximate surface area is 171 Å². The average molecular weight is 411 g/mol. The number of nitrogens with zero attached hydrogens (tertiary/aromatic N) is 2. The second kappa shape index (κ2) is 9.29. The number of pyridine rings is 2. The van der Waals surface area contributed by atoms with Gasteiger partial charge in [0.05, 0.1) is 36.3 Å². The maximum Gasteiger partial charge on any atom is 0.258 e. The normalized spacial score (nSPS) is 11.6. The van der Waals surface area contributed by atoms with E-state index in [9.17, 15) is 9.00 Å². The first-order valence-electron chi connectivity index (χ1n) is 8.80. The molecule has 3 rings (SSSR count). The Morgan fingerprint density at radius 3 is 2.52 bits per heavy atom. The molecule has 0 aliphatic carbocycles. The highest BCUT2D eigenvalue weighted by molar-refractivity contribution is 7.84. The summed E-state index contributed by atoms with van der Waals surface area (Å²) in [5.41, 5.74) is 2.27. The van der Waals surface area contributed by atoms with E-state index in [1.165, 1.54) is 0 Å². The number of amides is 1. The second-order valence-electron chi connectivity index (χ2n) is 6.16. The Morgan fingerprint density at radius 1 is 1.07 bits per heavy atom. The maximum atomic E-state index is 13.1. The van der Waals surface area contributed by atoms with Crippen LogP contribution in [-0.4, -0.2) is 34.3 Å². The molecule has 0 spiro atoms. The summed E-state index contributed by atoms with van der Waals surface area (Å²) in [7, 11) is 1.55. The first-order chi connectivity index (χ1) is 14.0. The fraction of sp³-hybridized carbons (Fsp3) is 0.190. The summed E-state index contributed by atoms with van der Waals surface area (Å²) in [6.45, 7) is 1.79. The summed E-state index contributed by atoms with van der Waals surface area (Å²) >= 11 is 0. The fourth-order valence-corrected chi connectivity index (χ4v) is 4.00. The van der Waals surface area contributed by atoms with Gasteiger partial charge in [0.2, 0.25) is 0 Å². The minimum atomic E-state index is -1.56. The molecular formula is C21H21N3O4S. The van der Waals surface area contributed by atoms with Crippen LogP contribution in [0.4, 0.5) is 5.69 Å². The summed E-state index contributed by atoms with van der Waals surface area (Å²) in [5, 5.41) is 3.01. The second-order valence-corrected chi connectivity index (χ2v) is 7.53. The predicted molar refractivity (Wildman–Crippen MR) is 111 cm³/mol. The summed E-state index contributed by atoms with van der Waals surface area (Å²) in [6, 6.07) is 12.0. The molecule has 0 saturated carbocycles. The first kappa shape index (κ1) is 20.5. The van der Waals surface area contributed by atoms with Crippen LogP contribution in [0, 0.1) is 6.92 Å². The quantitative estimate of drug-likeness (QED) is 0.641. The predicted octanol–water partition coefficient (Wildman–Crippen LogP) is 3.36. The van der Waals surface area contributed by atoms with Gasteiger partial charge in [0.25, 0.3) is 5.91 Å². The molecule has 29 heavy (non-hydrogen) atoms. The Balaban J connectivity index is 1.89. The van der Waals surface area contributed by atoms with Gasteiger partial charge in [-0.3, -0.25) is 14.0 Å². The number of ether oxygens (including phenoxy) is 2. The first-order valence-corrected chi connectivity index (χ1v) is 10.1. The minimum Gasteiger partial charge on any atom is -0.497 e. The van der Waals surface area contributed by atoms with Crippen molar-refractivity contribution in [1.29, 1.82) is 0 Å². The van der Waals surface area contributed by atoms with E-state index < -0.39 is 10.8 Å². The lowest BCUT2D eigenvalue weighted by atomic mass is 10.2. The summed E-state index contributed by atoms with van der Waals surface area (Å²) in [4.78, 5) is 21.1. The Hall–Kier alpha value is -3.26. The lowest BCUT2D eigenvalue weighted by molar-refractivity contribution is 0.102. The van der Waals surface area contributed by atoms with Crippen molar-refractivity contribution in [2.24, 2.45) is 0 Å². The molecule has 0 aliphatic heterocycles. The van der Waals surface area contributed by atoms with E-state index in [-0.39, 0.29) is 22.2 Å². The van der Waals surface area contributed by atoms with Gasteiger partial charge in [0.1, 0.15) is 16.5 Å². The van der Waals surface area contributed by atoms with Crippen molar-refractivity contribution >= 4 is 22.4 Å². The number of carbonyl (C=O) groups excluding carboxylic acids is 1. The summed E-state index contributed by atoms with van der Waals surface area (Å²) in [6.07, 6.45) is 3.16. The van der Waals surface area contributed by atoms with Crippen LogP contribution in [0.2, 0.25) is 0 Å². The van der Waals surface area contributed by atoms with Crippen molar-refractivity contribution in [2.75, 3.05) is 19.5 Å². The zero-order valence-electron chi connectivity index (χ0n) is 16.3. The maximum absolute atomic E-state index is 13.1. The van der Waals surface area contributed by atoms with Crippen molar-refractivity contribution in [3.63, 3.8) is 0 Å². The van der Waals surface area contributed by atoms with Crippen molar-refractivity contribution in [2.45, 2.75) is 17.7 Å². The number of nitrogens with one attached hydrogen (secondary N) is 1. The number of carbonyl (C=O) groups is 1. The lowest BCUT2D eigenvalue weighted by Gasteiger charge is -2.12. The third-order valence-electron chi connectivity index (χ3n) is 4.18. The number of rotatable bonds is 7. The van der Waals surface area contributed by atoms with Crippen LogP contribution < -0.4 is 14.8 Å². The van der Waals surface area contributed by atoms with Crippen LogP contribution in [0.25, 0.3) is 0 Å². The van der Waals surface area contributed by atoms with Crippen molar-refractivity contribution < 1.29 is 18.5 Å². The van der Waals surface area contributed by atoms with E-state index in [0.717, 1.165) is 5.56 Å². The smallest absolute Gasteiger partial charge is 0.258 e. The highest BCUT2D eigenvalue weighted by Gasteiger charge is 2.20. The van der Waals surface area contributed by atoms with Crippen LogP contribution in [0.5, 0.6) is 11.5 Å². The molecule has 8 heteroatoms. The molecule has 1 N–H and O–H groups in total. The lowest BCUT2D eigenvalue weighted by Crippen LogP contribution is -2.17. The SMILES string of the molecule is COc1ccc(CS(=O)c2nc(C)ccc2C(=O)Nc2ccncc2)c(OC)c1. The molecule has 2 aromatic heterocycles. The molecule has 3 aromatic rings. The molecule has 1 atom stereocenters. The Morgan fingerprint density at radius 2 is 1.83 bits per heavy atom. The van der Waals surface area contributed by atoms with Crippen LogP contribution in [0.3, 0.4) is 0 Å². The molecule has 7 nitrogen and oxygen atoms in total. The van der Waals surface area contributed by atoms with Crippen molar-refractivity contribution in [3.05, 3.63) is 71.7 Å². The van der Waals surface area contributed by atoms with Gasteiger partial charge in [-0.15, -0.1) is 0 Å². The molecule has 150 valence electrons. The molecule has 0 fully saturated rings. The number of anilines is 1. The van der Waals surface area contributed by atoms with Gasteiger partial charge >= 0.3 is 0 Å². The van der Waals surface area contributed by atoms with Crippen molar-refractivity contribution in [1.82, 2.24) is 9.97 Å². The number of methoxy groups -OCH3 is 2. The van der Waals surface area contributed by atoms with Gasteiger partial charge in [0, 0.05) is 35.4 Å². The molecule has 0 bridgehead atoms. The summed E-state index contributed by atoms with van der Waals surface area (Å²) < 4.78 is 23.7. The molecular weight excluding hydrogens is 390 g/mol. The van der Waals surface area contributed by atoms with E-state index in [2.05, 4.69) is 15.3 Å². The molecule has 0 saturated heterocycles. The number of hydrogen-bond acceptors (Lipinski definition) is 6. The van der Waals surface area contributed by atoms with E-state index in [0.29, 0.717) is 22.9 Å². The van der Waals surface area contributed by atoms with Gasteiger partial charge in [-0.25, -0.2) is 4.98 Å². The topological polar surface area (TPSA) is 90.4 Å². The van der Waals surface area contributed by atoms with Crippen molar-refractivity contribution in [3.8, 4) is 11.5 Å². The fourth-order valence-electron chi connectivity index (χ4n) is 2.69. The van der Waals surface area contributed by atoms with Gasteiger partial charge in [0.15, 0.2) is 0 Å². The minimum absolute atomic E-state index is 0.152. The molecule has 2 heterocycles. The highest BCUT2D eigenvalue weighted by atomic mass is 32.2. The third kappa shape index (κ3) is 4.97. The van der Waals surface area contributed by atoms with Gasteiger partial charge < -0.3 is 14.8 Å². The molecule has 0 radical (unpaired) electrons. The molecule has 1 amide bonds. The van der Waals surface area contributed by atoms with E-state index in [4.69, 9.17) is 9.47 Å². The van der Waals surface area contributed by atoms with Crippen LogP contribution >= 0.6 is 0 Å². The van der Waals surface area contributed by atoms with E-state index >= 15 is 0 Å².